The lowest BCUT2D eigenvalue weighted by Crippen LogP contribution is -2.49. The van der Waals surface area contributed by atoms with Crippen molar-refractivity contribution in [2.75, 3.05) is 26.2 Å². The second-order valence-corrected chi connectivity index (χ2v) is 8.59. The van der Waals surface area contributed by atoms with Crippen LogP contribution in [0.15, 0.2) is 57.5 Å². The van der Waals surface area contributed by atoms with E-state index >= 15 is 0 Å². The molecular formula is C25H23F3N4O3. The molecule has 0 saturated carbocycles. The van der Waals surface area contributed by atoms with Crippen LogP contribution in [0.4, 0.5) is 13.2 Å². The van der Waals surface area contributed by atoms with Crippen LogP contribution in [-0.2, 0) is 6.18 Å². The molecule has 1 amide bonds. The lowest BCUT2D eigenvalue weighted by Gasteiger charge is -2.36. The first-order valence-corrected chi connectivity index (χ1v) is 11.2. The van der Waals surface area contributed by atoms with Crippen LogP contribution in [0.2, 0.25) is 0 Å². The molecule has 1 fully saturated rings. The highest BCUT2D eigenvalue weighted by Gasteiger charge is 2.32. The van der Waals surface area contributed by atoms with E-state index in [9.17, 15) is 18.0 Å². The number of carbonyl (C=O) groups excluding carboxylic acids is 1. The molecule has 3 heterocycles. The van der Waals surface area contributed by atoms with Gasteiger partial charge in [-0.2, -0.15) is 18.2 Å². The van der Waals surface area contributed by atoms with E-state index in [0.717, 1.165) is 23.1 Å². The zero-order valence-electron chi connectivity index (χ0n) is 19.2. The number of benzene rings is 2. The Morgan fingerprint density at radius 2 is 1.80 bits per heavy atom. The normalized spacial score (nSPS) is 16.1. The van der Waals surface area contributed by atoms with Crippen LogP contribution < -0.4 is 0 Å². The average Bonchev–Trinajstić information content (AvgIpc) is 3.48. The summed E-state index contributed by atoms with van der Waals surface area (Å²) in [4.78, 5) is 21.3. The van der Waals surface area contributed by atoms with Gasteiger partial charge >= 0.3 is 6.18 Å². The second kappa shape index (κ2) is 8.84. The molecule has 1 aliphatic heterocycles. The minimum absolute atomic E-state index is 0.104. The first kappa shape index (κ1) is 23.1. The van der Waals surface area contributed by atoms with Crippen LogP contribution in [0.25, 0.3) is 22.4 Å². The molecule has 4 aromatic rings. The molecule has 35 heavy (non-hydrogen) atoms. The lowest BCUT2D eigenvalue weighted by atomic mass is 10.1. The first-order valence-electron chi connectivity index (χ1n) is 11.2. The lowest BCUT2D eigenvalue weighted by molar-refractivity contribution is -0.137. The minimum Gasteiger partial charge on any atom is -0.451 e. The Hall–Kier alpha value is -3.66. The average molecular weight is 484 g/mol. The number of carbonyl (C=O) groups is 1. The van der Waals surface area contributed by atoms with Gasteiger partial charge in [-0.25, -0.2) is 0 Å². The predicted octanol–water partition coefficient (Wildman–Crippen LogP) is 5.33. The summed E-state index contributed by atoms with van der Waals surface area (Å²) in [5.74, 6) is 0.628. The van der Waals surface area contributed by atoms with E-state index in [4.69, 9.17) is 8.94 Å². The van der Waals surface area contributed by atoms with Crippen molar-refractivity contribution in [1.29, 1.82) is 0 Å². The van der Waals surface area contributed by atoms with Gasteiger partial charge in [-0.15, -0.1) is 0 Å². The van der Waals surface area contributed by atoms with Crippen molar-refractivity contribution in [1.82, 2.24) is 19.9 Å². The van der Waals surface area contributed by atoms with Gasteiger partial charge in [0, 0.05) is 42.7 Å². The molecule has 0 radical (unpaired) electrons. The Bertz CT molecular complexity index is 1370. The molecular weight excluding hydrogens is 461 g/mol. The van der Waals surface area contributed by atoms with Crippen molar-refractivity contribution in [3.05, 3.63) is 71.3 Å². The summed E-state index contributed by atoms with van der Waals surface area (Å²) >= 11 is 0. The van der Waals surface area contributed by atoms with E-state index < -0.39 is 11.7 Å². The van der Waals surface area contributed by atoms with Gasteiger partial charge in [0.05, 0.1) is 11.6 Å². The fourth-order valence-corrected chi connectivity index (χ4v) is 4.35. The Morgan fingerprint density at radius 1 is 1.06 bits per heavy atom. The summed E-state index contributed by atoms with van der Waals surface area (Å²) in [6.45, 7) is 5.92. The number of furan rings is 1. The van der Waals surface area contributed by atoms with Gasteiger partial charge in [-0.1, -0.05) is 35.5 Å². The molecule has 1 unspecified atom stereocenters. The number of fused-ring (bicyclic) bond motifs is 1. The molecule has 2 aromatic heterocycles. The molecule has 1 saturated heterocycles. The molecule has 0 N–H and O–H groups in total. The number of halogens is 3. The molecule has 1 aliphatic rings. The van der Waals surface area contributed by atoms with Gasteiger partial charge < -0.3 is 13.8 Å². The zero-order valence-corrected chi connectivity index (χ0v) is 19.2. The van der Waals surface area contributed by atoms with E-state index in [-0.39, 0.29) is 23.3 Å². The van der Waals surface area contributed by atoms with Crippen molar-refractivity contribution in [3.63, 3.8) is 0 Å². The summed E-state index contributed by atoms with van der Waals surface area (Å²) in [7, 11) is 0. The summed E-state index contributed by atoms with van der Waals surface area (Å²) in [6.07, 6.45) is -4.45. The molecule has 2 aromatic carbocycles. The van der Waals surface area contributed by atoms with Gasteiger partial charge in [0.1, 0.15) is 5.58 Å². The molecule has 5 rings (SSSR count). The van der Waals surface area contributed by atoms with Gasteiger partial charge in [-0.05, 0) is 32.0 Å². The fraction of sp³-hybridized carbons (Fsp3) is 0.320. The van der Waals surface area contributed by atoms with Crippen molar-refractivity contribution >= 4 is 16.9 Å². The highest BCUT2D eigenvalue weighted by atomic mass is 19.4. The van der Waals surface area contributed by atoms with Gasteiger partial charge in [0.25, 0.3) is 5.91 Å². The standard InChI is InChI=1S/C25H23F3N4O3/c1-15-19-8-3-4-9-20(19)34-21(15)24(33)32-12-10-31(11-13-32)16(2)23-29-22(30-35-23)17-6-5-7-18(14-17)25(26,27)28/h3-9,14,16H,10-13H2,1-2H3. The predicted molar refractivity (Wildman–Crippen MR) is 122 cm³/mol. The molecule has 0 spiro atoms. The van der Waals surface area contributed by atoms with Gasteiger partial charge in [-0.3, -0.25) is 9.69 Å². The maximum atomic E-state index is 13.1. The van der Waals surface area contributed by atoms with Crippen molar-refractivity contribution in [2.45, 2.75) is 26.1 Å². The molecule has 0 bridgehead atoms. The van der Waals surface area contributed by atoms with Crippen molar-refractivity contribution in [3.8, 4) is 11.4 Å². The maximum Gasteiger partial charge on any atom is 0.416 e. The first-order chi connectivity index (χ1) is 16.7. The van der Waals surface area contributed by atoms with E-state index in [1.165, 1.54) is 12.1 Å². The van der Waals surface area contributed by atoms with Crippen molar-refractivity contribution < 1.29 is 26.9 Å². The van der Waals surface area contributed by atoms with E-state index in [0.29, 0.717) is 43.4 Å². The van der Waals surface area contributed by atoms with Crippen LogP contribution in [0.3, 0.4) is 0 Å². The number of hydrogen-bond acceptors (Lipinski definition) is 6. The topological polar surface area (TPSA) is 75.6 Å². The number of piperazine rings is 1. The van der Waals surface area contributed by atoms with E-state index in [1.54, 1.807) is 4.90 Å². The number of rotatable bonds is 4. The quantitative estimate of drug-likeness (QED) is 0.390. The van der Waals surface area contributed by atoms with Crippen LogP contribution >= 0.6 is 0 Å². The smallest absolute Gasteiger partial charge is 0.416 e. The molecule has 7 nitrogen and oxygen atoms in total. The SMILES string of the molecule is Cc1c(C(=O)N2CCN(C(C)c3nc(-c4cccc(C(F)(F)F)c4)no3)CC2)oc2ccccc12. The number of nitrogens with zero attached hydrogens (tertiary/aromatic N) is 4. The van der Waals surface area contributed by atoms with Crippen LogP contribution in [0.5, 0.6) is 0 Å². The monoisotopic (exact) mass is 484 g/mol. The Kier molecular flexibility index (Phi) is 5.84. The van der Waals surface area contributed by atoms with Crippen LogP contribution in [0, 0.1) is 6.92 Å². The highest BCUT2D eigenvalue weighted by molar-refractivity contribution is 5.99. The number of aryl methyl sites for hydroxylation is 1. The fourth-order valence-electron chi connectivity index (χ4n) is 4.35. The summed E-state index contributed by atoms with van der Waals surface area (Å²) in [6, 6.07) is 12.1. The number of para-hydroxylation sites is 1. The molecule has 10 heteroatoms. The van der Waals surface area contributed by atoms with Gasteiger partial charge in [0.15, 0.2) is 5.76 Å². The zero-order chi connectivity index (χ0) is 24.7. The Labute approximate surface area is 199 Å². The number of aromatic nitrogens is 2. The molecule has 182 valence electrons. The Balaban J connectivity index is 1.25. The highest BCUT2D eigenvalue weighted by Crippen LogP contribution is 2.32. The molecule has 1 atom stereocenters. The van der Waals surface area contributed by atoms with E-state index in [1.807, 2.05) is 38.1 Å². The molecule has 0 aliphatic carbocycles. The maximum absolute atomic E-state index is 13.1. The summed E-state index contributed by atoms with van der Waals surface area (Å²) < 4.78 is 50.3. The minimum atomic E-state index is -4.45. The Morgan fingerprint density at radius 3 is 2.51 bits per heavy atom. The largest absolute Gasteiger partial charge is 0.451 e. The number of hydrogen-bond donors (Lipinski definition) is 0. The second-order valence-electron chi connectivity index (χ2n) is 8.59. The summed E-state index contributed by atoms with van der Waals surface area (Å²) in [5.41, 5.74) is 0.983. The third kappa shape index (κ3) is 4.41. The third-order valence-corrected chi connectivity index (χ3v) is 6.43. The third-order valence-electron chi connectivity index (χ3n) is 6.43. The summed E-state index contributed by atoms with van der Waals surface area (Å²) in [5, 5.41) is 4.81. The van der Waals surface area contributed by atoms with Crippen LogP contribution in [-0.4, -0.2) is 52.0 Å². The van der Waals surface area contributed by atoms with Gasteiger partial charge in [0.2, 0.25) is 11.7 Å². The number of amides is 1. The van der Waals surface area contributed by atoms with E-state index in [2.05, 4.69) is 15.0 Å². The number of alkyl halides is 3. The van der Waals surface area contributed by atoms with Crippen LogP contribution in [0.1, 0.15) is 40.5 Å². The van der Waals surface area contributed by atoms with Crippen molar-refractivity contribution in [2.24, 2.45) is 0 Å².